The van der Waals surface area contributed by atoms with Crippen molar-refractivity contribution < 1.29 is 17.9 Å². The maximum atomic E-state index is 12.5. The molecule has 1 heterocycles. The molecule has 0 spiro atoms. The van der Waals surface area contributed by atoms with Crippen molar-refractivity contribution in [1.29, 1.82) is 0 Å². The van der Waals surface area contributed by atoms with Crippen LogP contribution >= 0.6 is 0 Å². The van der Waals surface area contributed by atoms with Gasteiger partial charge >= 0.3 is 0 Å². The van der Waals surface area contributed by atoms with Gasteiger partial charge in [0.05, 0.1) is 14.2 Å². The zero-order valence-electron chi connectivity index (χ0n) is 13.1. The van der Waals surface area contributed by atoms with Crippen LogP contribution < -0.4 is 14.2 Å². The standard InChI is InChI=1S/C15H20N2O4S/c1-10-7-12(11(2)17-10)9-16-22(18,19)15-6-5-13(20-3)8-14(15)21-4/h5-8,16-17H,9H2,1-4H3. The summed E-state index contributed by atoms with van der Waals surface area (Å²) in [6, 6.07) is 6.52. The molecule has 1 aromatic carbocycles. The van der Waals surface area contributed by atoms with Crippen molar-refractivity contribution in [2.75, 3.05) is 14.2 Å². The maximum absolute atomic E-state index is 12.5. The van der Waals surface area contributed by atoms with Gasteiger partial charge in [-0.2, -0.15) is 0 Å². The number of aryl methyl sites for hydroxylation is 2. The van der Waals surface area contributed by atoms with Crippen molar-refractivity contribution in [2.24, 2.45) is 0 Å². The van der Waals surface area contributed by atoms with E-state index in [2.05, 4.69) is 9.71 Å². The van der Waals surface area contributed by atoms with Crippen LogP contribution in [0.5, 0.6) is 11.5 Å². The summed E-state index contributed by atoms with van der Waals surface area (Å²) in [5.41, 5.74) is 2.85. The quantitative estimate of drug-likeness (QED) is 0.853. The van der Waals surface area contributed by atoms with Crippen LogP contribution in [0, 0.1) is 13.8 Å². The smallest absolute Gasteiger partial charge is 0.244 e. The van der Waals surface area contributed by atoms with E-state index >= 15 is 0 Å². The number of hydrogen-bond donors (Lipinski definition) is 2. The highest BCUT2D eigenvalue weighted by atomic mass is 32.2. The Labute approximate surface area is 130 Å². The van der Waals surface area contributed by atoms with Crippen molar-refractivity contribution >= 4 is 10.0 Å². The second-order valence-electron chi connectivity index (χ2n) is 4.94. The van der Waals surface area contributed by atoms with Crippen molar-refractivity contribution in [1.82, 2.24) is 9.71 Å². The third-order valence-electron chi connectivity index (χ3n) is 3.37. The van der Waals surface area contributed by atoms with E-state index < -0.39 is 10.0 Å². The zero-order valence-corrected chi connectivity index (χ0v) is 13.9. The lowest BCUT2D eigenvalue weighted by molar-refractivity contribution is 0.386. The fourth-order valence-electron chi connectivity index (χ4n) is 2.21. The molecule has 0 bridgehead atoms. The average molecular weight is 324 g/mol. The summed E-state index contributed by atoms with van der Waals surface area (Å²) >= 11 is 0. The molecule has 0 unspecified atom stereocenters. The van der Waals surface area contributed by atoms with Crippen LogP contribution in [0.1, 0.15) is 17.0 Å². The summed E-state index contributed by atoms with van der Waals surface area (Å²) in [5, 5.41) is 0. The maximum Gasteiger partial charge on any atom is 0.244 e. The van der Waals surface area contributed by atoms with E-state index in [4.69, 9.17) is 9.47 Å². The minimum Gasteiger partial charge on any atom is -0.497 e. The van der Waals surface area contributed by atoms with E-state index in [1.54, 1.807) is 12.1 Å². The van der Waals surface area contributed by atoms with Gasteiger partial charge in [0, 0.05) is 24.0 Å². The summed E-state index contributed by atoms with van der Waals surface area (Å²) in [4.78, 5) is 3.23. The Morgan fingerprint density at radius 1 is 1.14 bits per heavy atom. The van der Waals surface area contributed by atoms with Gasteiger partial charge in [-0.15, -0.1) is 0 Å². The SMILES string of the molecule is COc1ccc(S(=O)(=O)NCc2cc(C)[nH]c2C)c(OC)c1. The number of aromatic nitrogens is 1. The van der Waals surface area contributed by atoms with Crippen LogP contribution in [0.15, 0.2) is 29.2 Å². The van der Waals surface area contributed by atoms with E-state index in [1.165, 1.54) is 20.3 Å². The van der Waals surface area contributed by atoms with Crippen molar-refractivity contribution in [3.63, 3.8) is 0 Å². The molecule has 7 heteroatoms. The molecule has 0 amide bonds. The molecule has 0 atom stereocenters. The second kappa shape index (κ2) is 6.41. The topological polar surface area (TPSA) is 80.4 Å². The molecule has 6 nitrogen and oxygen atoms in total. The van der Waals surface area contributed by atoms with Gasteiger partial charge in [-0.25, -0.2) is 13.1 Å². The van der Waals surface area contributed by atoms with Gasteiger partial charge in [0.1, 0.15) is 16.4 Å². The molecule has 0 saturated heterocycles. The van der Waals surface area contributed by atoms with Gasteiger partial charge in [-0.1, -0.05) is 0 Å². The number of ether oxygens (including phenoxy) is 2. The Hall–Kier alpha value is -1.99. The van der Waals surface area contributed by atoms with Crippen LogP contribution in [0.4, 0.5) is 0 Å². The van der Waals surface area contributed by atoms with Crippen molar-refractivity contribution in [3.05, 3.63) is 41.2 Å². The molecule has 2 rings (SSSR count). The number of aromatic amines is 1. The summed E-state index contributed by atoms with van der Waals surface area (Å²) in [5.74, 6) is 0.779. The first-order valence-corrected chi connectivity index (χ1v) is 8.22. The predicted octanol–water partition coefficient (Wildman–Crippen LogP) is 2.13. The number of nitrogens with one attached hydrogen (secondary N) is 2. The monoisotopic (exact) mass is 324 g/mol. The molecule has 0 aliphatic carbocycles. The fourth-order valence-corrected chi connectivity index (χ4v) is 3.37. The van der Waals surface area contributed by atoms with Crippen molar-refractivity contribution in [2.45, 2.75) is 25.3 Å². The van der Waals surface area contributed by atoms with Gasteiger partial charge in [-0.05, 0) is 37.6 Å². The molecule has 0 radical (unpaired) electrons. The molecule has 2 N–H and O–H groups in total. The summed E-state index contributed by atoms with van der Waals surface area (Å²) in [6.45, 7) is 4.05. The van der Waals surface area contributed by atoms with E-state index in [-0.39, 0.29) is 17.2 Å². The number of H-pyrrole nitrogens is 1. The van der Waals surface area contributed by atoms with Crippen LogP contribution in [0.3, 0.4) is 0 Å². The molecule has 0 saturated carbocycles. The first kappa shape index (κ1) is 16.4. The van der Waals surface area contributed by atoms with Crippen LogP contribution in [0.25, 0.3) is 0 Å². The first-order chi connectivity index (χ1) is 10.4. The Morgan fingerprint density at radius 2 is 1.86 bits per heavy atom. The van der Waals surface area contributed by atoms with E-state index in [1.807, 2.05) is 19.9 Å². The number of benzene rings is 1. The minimum absolute atomic E-state index is 0.0840. The van der Waals surface area contributed by atoms with Gasteiger partial charge in [-0.3, -0.25) is 0 Å². The molecule has 22 heavy (non-hydrogen) atoms. The van der Waals surface area contributed by atoms with E-state index in [9.17, 15) is 8.42 Å². The number of methoxy groups -OCH3 is 2. The van der Waals surface area contributed by atoms with E-state index in [0.717, 1.165) is 17.0 Å². The van der Waals surface area contributed by atoms with Crippen LogP contribution in [-0.2, 0) is 16.6 Å². The van der Waals surface area contributed by atoms with Gasteiger partial charge in [0.2, 0.25) is 10.0 Å². The lowest BCUT2D eigenvalue weighted by Gasteiger charge is -2.12. The molecule has 0 fully saturated rings. The molecule has 0 aliphatic heterocycles. The minimum atomic E-state index is -3.68. The van der Waals surface area contributed by atoms with Gasteiger partial charge < -0.3 is 14.5 Å². The Bertz CT molecular complexity index is 766. The highest BCUT2D eigenvalue weighted by Gasteiger charge is 2.20. The average Bonchev–Trinajstić information content (AvgIpc) is 2.82. The molecular weight excluding hydrogens is 304 g/mol. The predicted molar refractivity (Wildman–Crippen MR) is 83.8 cm³/mol. The second-order valence-corrected chi connectivity index (χ2v) is 6.68. The Morgan fingerprint density at radius 3 is 2.41 bits per heavy atom. The van der Waals surface area contributed by atoms with Crippen molar-refractivity contribution in [3.8, 4) is 11.5 Å². The summed E-state index contributed by atoms with van der Waals surface area (Å²) in [7, 11) is -0.742. The normalized spacial score (nSPS) is 11.5. The third kappa shape index (κ3) is 3.42. The third-order valence-corrected chi connectivity index (χ3v) is 4.81. The lowest BCUT2D eigenvalue weighted by atomic mass is 10.2. The number of sulfonamides is 1. The van der Waals surface area contributed by atoms with Gasteiger partial charge in [0.25, 0.3) is 0 Å². The largest absolute Gasteiger partial charge is 0.497 e. The molecule has 2 aromatic rings. The molecule has 1 aromatic heterocycles. The number of rotatable bonds is 6. The highest BCUT2D eigenvalue weighted by molar-refractivity contribution is 7.89. The lowest BCUT2D eigenvalue weighted by Crippen LogP contribution is -2.24. The molecular formula is C15H20N2O4S. The number of hydrogen-bond acceptors (Lipinski definition) is 4. The Kier molecular flexibility index (Phi) is 4.77. The first-order valence-electron chi connectivity index (χ1n) is 6.74. The van der Waals surface area contributed by atoms with Crippen LogP contribution in [-0.4, -0.2) is 27.6 Å². The fraction of sp³-hybridized carbons (Fsp3) is 0.333. The molecule has 120 valence electrons. The summed E-state index contributed by atoms with van der Waals surface area (Å²) in [6.07, 6.45) is 0. The Balaban J connectivity index is 2.25. The molecule has 0 aliphatic rings. The van der Waals surface area contributed by atoms with Gasteiger partial charge in [0.15, 0.2) is 0 Å². The van der Waals surface area contributed by atoms with E-state index in [0.29, 0.717) is 5.75 Å². The summed E-state index contributed by atoms with van der Waals surface area (Å²) < 4.78 is 37.7. The van der Waals surface area contributed by atoms with Crippen LogP contribution in [0.2, 0.25) is 0 Å². The highest BCUT2D eigenvalue weighted by Crippen LogP contribution is 2.28. The zero-order chi connectivity index (χ0) is 16.3.